The molecule has 0 radical (unpaired) electrons. The molecule has 0 spiro atoms. The molecule has 1 saturated carbocycles. The molecular weight excluding hydrogens is 526 g/mol. The van der Waals surface area contributed by atoms with E-state index in [4.69, 9.17) is 5.73 Å². The van der Waals surface area contributed by atoms with Crippen LogP contribution in [0.5, 0.6) is 5.75 Å². The number of likely N-dealkylation sites (N-methyl/N-ethyl adjacent to an activating group) is 1. The number of aromatic hydroxyl groups is 1. The summed E-state index contributed by atoms with van der Waals surface area (Å²) in [7, 11) is 3.18. The molecule has 0 aromatic heterocycles. The number of hydrogen-bond acceptors (Lipinski definition) is 9. The van der Waals surface area contributed by atoms with Crippen molar-refractivity contribution in [3.63, 3.8) is 0 Å². The fraction of sp³-hybridized carbons (Fsp3) is 0.581. The molecule has 3 unspecified atom stereocenters. The molecule has 10 heteroatoms. The van der Waals surface area contributed by atoms with Crippen LogP contribution in [0.15, 0.2) is 23.0 Å². The number of nitrogens with zero attached hydrogens (tertiary/aromatic N) is 2. The van der Waals surface area contributed by atoms with Crippen LogP contribution < -0.4 is 5.73 Å². The number of aliphatic hydroxyl groups is 3. The van der Waals surface area contributed by atoms with Gasteiger partial charge in [-0.3, -0.25) is 24.2 Å². The Morgan fingerprint density at radius 2 is 1.76 bits per heavy atom. The minimum absolute atomic E-state index is 0.0537. The lowest BCUT2D eigenvalue weighted by atomic mass is 9.57. The molecule has 222 valence electrons. The van der Waals surface area contributed by atoms with Crippen LogP contribution in [-0.4, -0.2) is 85.5 Å². The Labute approximate surface area is 240 Å². The van der Waals surface area contributed by atoms with E-state index in [9.17, 15) is 34.8 Å². The first-order valence-corrected chi connectivity index (χ1v) is 14.4. The third kappa shape index (κ3) is 4.13. The first-order valence-electron chi connectivity index (χ1n) is 14.4. The van der Waals surface area contributed by atoms with E-state index in [0.29, 0.717) is 30.6 Å². The third-order valence-corrected chi connectivity index (χ3v) is 9.94. The minimum Gasteiger partial charge on any atom is -0.508 e. The van der Waals surface area contributed by atoms with E-state index < -0.39 is 58.0 Å². The highest BCUT2D eigenvalue weighted by molar-refractivity contribution is 6.24. The monoisotopic (exact) mass is 567 g/mol. The van der Waals surface area contributed by atoms with Gasteiger partial charge >= 0.3 is 0 Å². The molecule has 1 heterocycles. The molecule has 1 aliphatic heterocycles. The van der Waals surface area contributed by atoms with Crippen molar-refractivity contribution < 1.29 is 34.8 Å². The number of hydrogen-bond donors (Lipinski definition) is 5. The topological polar surface area (TPSA) is 165 Å². The maximum absolute atomic E-state index is 14.1. The number of rotatable bonds is 5. The van der Waals surface area contributed by atoms with Crippen LogP contribution in [0, 0.1) is 11.8 Å². The van der Waals surface area contributed by atoms with Gasteiger partial charge in [-0.05, 0) is 76.6 Å². The summed E-state index contributed by atoms with van der Waals surface area (Å²) in [6.07, 6.45) is 2.48. The highest BCUT2D eigenvalue weighted by atomic mass is 16.3. The van der Waals surface area contributed by atoms with E-state index in [1.54, 1.807) is 14.1 Å². The fourth-order valence-corrected chi connectivity index (χ4v) is 7.79. The Bertz CT molecular complexity index is 1400. The maximum atomic E-state index is 14.1. The first-order chi connectivity index (χ1) is 19.1. The summed E-state index contributed by atoms with van der Waals surface area (Å²) in [5.74, 6) is -6.24. The zero-order valence-corrected chi connectivity index (χ0v) is 24.6. The Kier molecular flexibility index (Phi) is 7.11. The number of benzene rings is 1. The summed E-state index contributed by atoms with van der Waals surface area (Å²) >= 11 is 0. The number of likely N-dealkylation sites (tertiary alicyclic amines) is 1. The summed E-state index contributed by atoms with van der Waals surface area (Å²) in [4.78, 5) is 43.4. The van der Waals surface area contributed by atoms with Crippen molar-refractivity contribution >= 4 is 23.2 Å². The van der Waals surface area contributed by atoms with E-state index in [0.717, 1.165) is 24.0 Å². The Hall–Kier alpha value is -3.21. The number of nitrogens with two attached hydrogens (primary N) is 1. The van der Waals surface area contributed by atoms with Gasteiger partial charge in [-0.2, -0.15) is 0 Å². The smallest absolute Gasteiger partial charge is 0.255 e. The normalized spacial score (nSPS) is 32.1. The van der Waals surface area contributed by atoms with Gasteiger partial charge < -0.3 is 26.2 Å². The van der Waals surface area contributed by atoms with Crippen molar-refractivity contribution in [3.8, 4) is 5.75 Å². The van der Waals surface area contributed by atoms with E-state index in [-0.39, 0.29) is 29.2 Å². The third-order valence-electron chi connectivity index (χ3n) is 9.94. The van der Waals surface area contributed by atoms with Crippen molar-refractivity contribution in [2.24, 2.45) is 17.6 Å². The lowest BCUT2D eigenvalue weighted by molar-refractivity contribution is -0.153. The Morgan fingerprint density at radius 1 is 1.15 bits per heavy atom. The number of phenols is 1. The highest BCUT2D eigenvalue weighted by Gasteiger charge is 2.64. The molecule has 4 aliphatic rings. The van der Waals surface area contributed by atoms with Gasteiger partial charge in [-0.25, -0.2) is 0 Å². The maximum Gasteiger partial charge on any atom is 0.255 e. The minimum atomic E-state index is -2.64. The molecule has 10 nitrogen and oxygen atoms in total. The van der Waals surface area contributed by atoms with Crippen LogP contribution in [0.2, 0.25) is 0 Å². The Morgan fingerprint density at radius 3 is 2.29 bits per heavy atom. The van der Waals surface area contributed by atoms with Crippen molar-refractivity contribution in [1.82, 2.24) is 9.80 Å². The molecule has 5 rings (SSSR count). The standard InChI is InChI=1S/C31H41N3O7/c1-13(2)18-10-17(12-34-14(3)7-8-15(34)4)25(35)22-19(18)9-16-11-20-24(33(5)6)27(37)23(30(32)40)29(39)31(20,41)28(38)21(16)26(22)36/h10,13-16,20,24,35-36,39,41H,7-9,11-12H2,1-6H3,(H2,32,40)/t14?,15?,16-,20-,24?,31-/m0/s1. The van der Waals surface area contributed by atoms with Crippen molar-refractivity contribution in [1.29, 1.82) is 0 Å². The van der Waals surface area contributed by atoms with Crippen LogP contribution >= 0.6 is 0 Å². The predicted molar refractivity (Wildman–Crippen MR) is 152 cm³/mol. The number of fused-ring (bicyclic) bond motifs is 3. The van der Waals surface area contributed by atoms with Gasteiger partial charge in [-0.15, -0.1) is 0 Å². The zero-order chi connectivity index (χ0) is 30.3. The Balaban J connectivity index is 1.70. The number of Topliss-reactive ketones (excluding diaryl/α,β-unsaturated/α-hetero) is 2. The highest BCUT2D eigenvalue weighted by Crippen LogP contribution is 2.54. The SMILES string of the molecule is CC(C)c1cc(CN2C(C)CCC2C)c(O)c2c1C[C@H]1C[C@H]3C(N(C)C)C(=O)C(C(N)=O)=C(O)[C@@]3(O)C(=O)C1=C2O. The number of ketones is 2. The number of aliphatic hydroxyl groups excluding tert-OH is 2. The summed E-state index contributed by atoms with van der Waals surface area (Å²) in [6, 6.07) is 1.56. The molecule has 41 heavy (non-hydrogen) atoms. The largest absolute Gasteiger partial charge is 0.508 e. The number of primary amides is 1. The number of carbonyl (C=O) groups excluding carboxylic acids is 3. The molecule has 6 N–H and O–H groups in total. The second-order valence-corrected chi connectivity index (χ2v) is 12.9. The fourth-order valence-electron chi connectivity index (χ4n) is 7.79. The van der Waals surface area contributed by atoms with Gasteiger partial charge in [0.05, 0.1) is 11.6 Å². The van der Waals surface area contributed by atoms with Crippen LogP contribution in [-0.2, 0) is 27.3 Å². The van der Waals surface area contributed by atoms with Crippen molar-refractivity contribution in [2.45, 2.75) is 89.6 Å². The number of carbonyl (C=O) groups is 3. The predicted octanol–water partition coefficient (Wildman–Crippen LogP) is 2.46. The van der Waals surface area contributed by atoms with E-state index in [1.165, 1.54) is 4.90 Å². The van der Waals surface area contributed by atoms with Gasteiger partial charge in [0.25, 0.3) is 5.91 Å². The van der Waals surface area contributed by atoms with Gasteiger partial charge in [-0.1, -0.05) is 19.9 Å². The van der Waals surface area contributed by atoms with E-state index in [2.05, 4.69) is 18.7 Å². The van der Waals surface area contributed by atoms with Crippen LogP contribution in [0.4, 0.5) is 0 Å². The van der Waals surface area contributed by atoms with Crippen LogP contribution in [0.3, 0.4) is 0 Å². The molecule has 2 fully saturated rings. The van der Waals surface area contributed by atoms with Crippen molar-refractivity contribution in [2.75, 3.05) is 14.1 Å². The van der Waals surface area contributed by atoms with Crippen LogP contribution in [0.1, 0.15) is 75.1 Å². The first kappa shape index (κ1) is 29.3. The molecule has 1 aromatic carbocycles. The summed E-state index contributed by atoms with van der Waals surface area (Å²) < 4.78 is 0. The molecule has 3 aliphatic carbocycles. The van der Waals surface area contributed by atoms with Gasteiger partial charge in [0.2, 0.25) is 5.78 Å². The lowest BCUT2D eigenvalue weighted by Gasteiger charge is -2.50. The van der Waals surface area contributed by atoms with E-state index >= 15 is 0 Å². The summed E-state index contributed by atoms with van der Waals surface area (Å²) in [5, 5.41) is 46.2. The molecule has 6 atom stereocenters. The summed E-state index contributed by atoms with van der Waals surface area (Å²) in [5.41, 5.74) is 4.33. The average molecular weight is 568 g/mol. The molecule has 1 aromatic rings. The molecule has 1 saturated heterocycles. The second-order valence-electron chi connectivity index (χ2n) is 12.9. The van der Waals surface area contributed by atoms with Crippen molar-refractivity contribution in [3.05, 3.63) is 45.2 Å². The lowest BCUT2D eigenvalue weighted by Crippen LogP contribution is -2.65. The second kappa shape index (κ2) is 9.96. The molecule has 0 bridgehead atoms. The molecule has 1 amide bonds. The average Bonchev–Trinajstić information content (AvgIpc) is 3.19. The van der Waals surface area contributed by atoms with E-state index in [1.807, 2.05) is 19.9 Å². The van der Waals surface area contributed by atoms with Gasteiger partial charge in [0.1, 0.15) is 22.8 Å². The van der Waals surface area contributed by atoms with Gasteiger partial charge in [0, 0.05) is 35.7 Å². The zero-order valence-electron chi connectivity index (χ0n) is 24.6. The summed E-state index contributed by atoms with van der Waals surface area (Å²) in [6.45, 7) is 8.86. The molecular formula is C31H41N3O7. The number of amides is 1. The van der Waals surface area contributed by atoms with Crippen LogP contribution in [0.25, 0.3) is 5.76 Å². The van der Waals surface area contributed by atoms with Gasteiger partial charge in [0.15, 0.2) is 11.4 Å². The number of phenolic OH excluding ortho intramolecular Hbond substituents is 1. The quantitative estimate of drug-likeness (QED) is 0.336.